The molecular formula is C11H14O3S. The minimum absolute atomic E-state index is 0.125. The maximum Gasteiger partial charge on any atom is 0.176 e. The normalized spacial score (nSPS) is 11.4. The van der Waals surface area contributed by atoms with Crippen molar-refractivity contribution in [3.63, 3.8) is 0 Å². The molecule has 15 heavy (non-hydrogen) atoms. The second-order valence-corrected chi connectivity index (χ2v) is 5.53. The van der Waals surface area contributed by atoms with Gasteiger partial charge < -0.3 is 0 Å². The molecule has 0 heterocycles. The molecule has 0 fully saturated rings. The summed E-state index contributed by atoms with van der Waals surface area (Å²) < 4.78 is 22.9. The number of rotatable bonds is 3. The summed E-state index contributed by atoms with van der Waals surface area (Å²) >= 11 is 0. The Morgan fingerprint density at radius 3 is 2.40 bits per heavy atom. The van der Waals surface area contributed by atoms with E-state index < -0.39 is 9.84 Å². The fourth-order valence-corrected chi connectivity index (χ4v) is 2.26. The van der Waals surface area contributed by atoms with Gasteiger partial charge in [0.1, 0.15) is 0 Å². The summed E-state index contributed by atoms with van der Waals surface area (Å²) in [4.78, 5) is 11.7. The molecule has 3 nitrogen and oxygen atoms in total. The number of benzene rings is 1. The van der Waals surface area contributed by atoms with E-state index in [1.165, 1.54) is 6.07 Å². The van der Waals surface area contributed by atoms with Crippen LogP contribution in [0, 0.1) is 6.92 Å². The van der Waals surface area contributed by atoms with Crippen LogP contribution >= 0.6 is 0 Å². The fraction of sp³-hybridized carbons (Fsp3) is 0.364. The quantitative estimate of drug-likeness (QED) is 0.741. The van der Waals surface area contributed by atoms with Gasteiger partial charge in [0.25, 0.3) is 0 Å². The van der Waals surface area contributed by atoms with Gasteiger partial charge in [-0.15, -0.1) is 0 Å². The van der Waals surface area contributed by atoms with Crippen molar-refractivity contribution in [1.82, 2.24) is 0 Å². The Hall–Kier alpha value is -1.16. The van der Waals surface area contributed by atoms with Crippen LogP contribution in [-0.2, 0) is 9.84 Å². The molecular weight excluding hydrogens is 212 g/mol. The van der Waals surface area contributed by atoms with Crippen LogP contribution in [0.2, 0.25) is 0 Å². The van der Waals surface area contributed by atoms with Gasteiger partial charge in [0, 0.05) is 18.2 Å². The Morgan fingerprint density at radius 1 is 1.33 bits per heavy atom. The van der Waals surface area contributed by atoms with Crippen molar-refractivity contribution in [1.29, 1.82) is 0 Å². The molecule has 1 rings (SSSR count). The van der Waals surface area contributed by atoms with Crippen LogP contribution in [0.25, 0.3) is 0 Å². The number of hydrogen-bond acceptors (Lipinski definition) is 3. The van der Waals surface area contributed by atoms with E-state index in [-0.39, 0.29) is 10.7 Å². The van der Waals surface area contributed by atoms with Crippen LogP contribution in [0.3, 0.4) is 0 Å². The molecule has 0 spiro atoms. The van der Waals surface area contributed by atoms with Crippen molar-refractivity contribution in [3.05, 3.63) is 29.3 Å². The van der Waals surface area contributed by atoms with Crippen LogP contribution in [-0.4, -0.2) is 20.5 Å². The highest BCUT2D eigenvalue weighted by molar-refractivity contribution is 7.90. The van der Waals surface area contributed by atoms with Gasteiger partial charge in [0.15, 0.2) is 15.6 Å². The molecule has 0 amide bonds. The van der Waals surface area contributed by atoms with E-state index in [4.69, 9.17) is 0 Å². The first-order valence-corrected chi connectivity index (χ1v) is 6.59. The van der Waals surface area contributed by atoms with Crippen LogP contribution in [0.5, 0.6) is 0 Å². The lowest BCUT2D eigenvalue weighted by atomic mass is 10.1. The molecule has 1 aromatic carbocycles. The zero-order chi connectivity index (χ0) is 11.6. The van der Waals surface area contributed by atoms with E-state index in [2.05, 4.69) is 0 Å². The van der Waals surface area contributed by atoms with Gasteiger partial charge in [0.2, 0.25) is 0 Å². The van der Waals surface area contributed by atoms with Gasteiger partial charge in [-0.1, -0.05) is 18.6 Å². The molecule has 0 unspecified atom stereocenters. The van der Waals surface area contributed by atoms with Gasteiger partial charge in [-0.05, 0) is 19.1 Å². The molecule has 0 radical (unpaired) electrons. The lowest BCUT2D eigenvalue weighted by molar-refractivity contribution is 0.0985. The molecule has 0 N–H and O–H groups in total. The molecule has 0 aliphatic carbocycles. The SMILES string of the molecule is CCC(=O)c1cc(C)ccc1S(C)(=O)=O. The first kappa shape index (κ1) is 11.9. The number of carbonyl (C=O) groups is 1. The summed E-state index contributed by atoms with van der Waals surface area (Å²) in [6.45, 7) is 3.55. The van der Waals surface area contributed by atoms with E-state index in [1.54, 1.807) is 19.1 Å². The van der Waals surface area contributed by atoms with Gasteiger partial charge in [-0.2, -0.15) is 0 Å². The second-order valence-electron chi connectivity index (χ2n) is 3.55. The molecule has 0 atom stereocenters. The van der Waals surface area contributed by atoms with Crippen molar-refractivity contribution in [3.8, 4) is 0 Å². The molecule has 0 aliphatic rings. The van der Waals surface area contributed by atoms with E-state index in [9.17, 15) is 13.2 Å². The van der Waals surface area contributed by atoms with Gasteiger partial charge >= 0.3 is 0 Å². The summed E-state index contributed by atoms with van der Waals surface area (Å²) in [5, 5.41) is 0. The van der Waals surface area contributed by atoms with E-state index >= 15 is 0 Å². The number of hydrogen-bond donors (Lipinski definition) is 0. The molecule has 1 aromatic rings. The minimum atomic E-state index is -3.33. The summed E-state index contributed by atoms with van der Waals surface area (Å²) in [6.07, 6.45) is 1.43. The van der Waals surface area contributed by atoms with E-state index in [1.807, 2.05) is 6.92 Å². The average Bonchev–Trinajstić information content (AvgIpc) is 2.14. The molecule has 0 saturated heterocycles. The zero-order valence-corrected chi connectivity index (χ0v) is 9.89. The van der Waals surface area contributed by atoms with Crippen molar-refractivity contribution >= 4 is 15.6 Å². The minimum Gasteiger partial charge on any atom is -0.294 e. The summed E-state index contributed by atoms with van der Waals surface area (Å²) in [5.41, 5.74) is 1.19. The molecule has 0 saturated carbocycles. The maximum atomic E-state index is 11.6. The third-order valence-corrected chi connectivity index (χ3v) is 3.31. The predicted molar refractivity (Wildman–Crippen MR) is 58.9 cm³/mol. The van der Waals surface area contributed by atoms with Gasteiger partial charge in [-0.3, -0.25) is 4.79 Å². The summed E-state index contributed by atoms with van der Waals surface area (Å²) in [5.74, 6) is -0.140. The monoisotopic (exact) mass is 226 g/mol. The molecule has 82 valence electrons. The first-order chi connectivity index (χ1) is 6.86. The maximum absolute atomic E-state index is 11.6. The second kappa shape index (κ2) is 4.14. The Bertz CT molecular complexity index is 487. The number of carbonyl (C=O) groups excluding carboxylic acids is 1. The van der Waals surface area contributed by atoms with Crippen LogP contribution < -0.4 is 0 Å². The van der Waals surface area contributed by atoms with Crippen molar-refractivity contribution in [2.45, 2.75) is 25.2 Å². The lowest BCUT2D eigenvalue weighted by Crippen LogP contribution is -2.07. The van der Waals surface area contributed by atoms with E-state index in [0.29, 0.717) is 12.0 Å². The highest BCUT2D eigenvalue weighted by atomic mass is 32.2. The zero-order valence-electron chi connectivity index (χ0n) is 9.07. The molecule has 0 bridgehead atoms. The third kappa shape index (κ3) is 2.65. The standard InChI is InChI=1S/C11H14O3S/c1-4-10(12)9-7-8(2)5-6-11(9)15(3,13)14/h5-7H,4H2,1-3H3. The largest absolute Gasteiger partial charge is 0.294 e. The Kier molecular flexibility index (Phi) is 3.29. The number of sulfone groups is 1. The summed E-state index contributed by atoms with van der Waals surface area (Å²) in [7, 11) is -3.33. The van der Waals surface area contributed by atoms with Crippen molar-refractivity contribution in [2.75, 3.05) is 6.26 Å². The third-order valence-electron chi connectivity index (χ3n) is 2.16. The average molecular weight is 226 g/mol. The van der Waals surface area contributed by atoms with Crippen molar-refractivity contribution < 1.29 is 13.2 Å². The number of Topliss-reactive ketones (excluding diaryl/α,β-unsaturated/α-hetero) is 1. The fourth-order valence-electron chi connectivity index (χ4n) is 1.38. The summed E-state index contributed by atoms with van der Waals surface area (Å²) in [6, 6.07) is 4.82. The number of aryl methyl sites for hydroxylation is 1. The molecule has 0 aliphatic heterocycles. The predicted octanol–water partition coefficient (Wildman–Crippen LogP) is 1.99. The molecule has 0 aromatic heterocycles. The molecule has 4 heteroatoms. The smallest absolute Gasteiger partial charge is 0.176 e. The Balaban J connectivity index is 3.47. The highest BCUT2D eigenvalue weighted by Crippen LogP contribution is 2.18. The topological polar surface area (TPSA) is 51.2 Å². The first-order valence-electron chi connectivity index (χ1n) is 4.70. The Labute approximate surface area is 90.0 Å². The van der Waals surface area contributed by atoms with Crippen molar-refractivity contribution in [2.24, 2.45) is 0 Å². The highest BCUT2D eigenvalue weighted by Gasteiger charge is 2.17. The van der Waals surface area contributed by atoms with Gasteiger partial charge in [-0.25, -0.2) is 8.42 Å². The van der Waals surface area contributed by atoms with E-state index in [0.717, 1.165) is 11.8 Å². The Morgan fingerprint density at radius 2 is 1.93 bits per heavy atom. The van der Waals surface area contributed by atoms with Crippen LogP contribution in [0.4, 0.5) is 0 Å². The van der Waals surface area contributed by atoms with Crippen LogP contribution in [0.1, 0.15) is 29.3 Å². The lowest BCUT2D eigenvalue weighted by Gasteiger charge is -2.06. The number of ketones is 1. The van der Waals surface area contributed by atoms with Crippen LogP contribution in [0.15, 0.2) is 23.1 Å². The van der Waals surface area contributed by atoms with Gasteiger partial charge in [0.05, 0.1) is 4.90 Å².